The quantitative estimate of drug-likeness (QED) is 0.357. The van der Waals surface area contributed by atoms with E-state index in [0.717, 1.165) is 0 Å². The zero-order valence-corrected chi connectivity index (χ0v) is 15.9. The number of hydrogen-bond acceptors (Lipinski definition) is 5. The van der Waals surface area contributed by atoms with Gasteiger partial charge in [-0.15, -0.1) is 0 Å². The molecule has 0 radical (unpaired) electrons. The highest BCUT2D eigenvalue weighted by Crippen LogP contribution is 2.06. The fourth-order valence-electron chi connectivity index (χ4n) is 2.23. The zero-order valence-electron chi connectivity index (χ0n) is 15.9. The smallest absolute Gasteiger partial charge is 0.312 e. The molecule has 0 rings (SSSR count). The van der Waals surface area contributed by atoms with Crippen LogP contribution in [0.4, 0.5) is 4.79 Å². The van der Waals surface area contributed by atoms with E-state index in [0.29, 0.717) is 19.4 Å². The van der Waals surface area contributed by atoms with E-state index in [4.69, 9.17) is 5.73 Å². The summed E-state index contributed by atoms with van der Waals surface area (Å²) in [7, 11) is 0. The van der Waals surface area contributed by atoms with Gasteiger partial charge in [0.2, 0.25) is 11.8 Å². The Balaban J connectivity index is 4.71. The number of amides is 4. The lowest BCUT2D eigenvalue weighted by atomic mass is 10.0. The van der Waals surface area contributed by atoms with Gasteiger partial charge < -0.3 is 26.5 Å². The average Bonchev–Trinajstić information content (AvgIpc) is 2.52. The van der Waals surface area contributed by atoms with Gasteiger partial charge in [-0.2, -0.15) is 0 Å². The first-order valence-electron chi connectivity index (χ1n) is 8.67. The minimum absolute atomic E-state index is 0.0146. The predicted molar refractivity (Wildman–Crippen MR) is 96.1 cm³/mol. The second-order valence-corrected chi connectivity index (χ2v) is 6.60. The Morgan fingerprint density at radius 3 is 2.04 bits per heavy atom. The number of Topliss-reactive ketones (excluding diaryl/α,β-unsaturated/α-hetero) is 2. The van der Waals surface area contributed by atoms with Crippen molar-refractivity contribution in [2.45, 2.75) is 65.5 Å². The van der Waals surface area contributed by atoms with E-state index in [1.54, 1.807) is 13.8 Å². The van der Waals surface area contributed by atoms with Crippen LogP contribution < -0.4 is 21.7 Å². The molecule has 0 spiro atoms. The molecule has 0 heterocycles. The first kappa shape index (κ1) is 23.5. The van der Waals surface area contributed by atoms with Gasteiger partial charge in [-0.05, 0) is 32.6 Å². The molecule has 2 atom stereocenters. The molecule has 0 fully saturated rings. The normalized spacial score (nSPS) is 12.8. The molecular weight excluding hydrogens is 340 g/mol. The maximum absolute atomic E-state index is 12.5. The Kier molecular flexibility index (Phi) is 10.9. The van der Waals surface area contributed by atoms with Crippen molar-refractivity contribution in [1.29, 1.82) is 0 Å². The van der Waals surface area contributed by atoms with Crippen molar-refractivity contribution in [2.24, 2.45) is 11.7 Å². The van der Waals surface area contributed by atoms with Crippen LogP contribution in [0.3, 0.4) is 0 Å². The van der Waals surface area contributed by atoms with Crippen molar-refractivity contribution in [3.8, 4) is 0 Å². The van der Waals surface area contributed by atoms with Gasteiger partial charge in [0.15, 0.2) is 5.78 Å². The van der Waals surface area contributed by atoms with E-state index in [2.05, 4.69) is 16.0 Å². The van der Waals surface area contributed by atoms with E-state index in [-0.39, 0.29) is 36.2 Å². The van der Waals surface area contributed by atoms with Gasteiger partial charge >= 0.3 is 6.03 Å². The standard InChI is InChI=1S/C17H30N4O5/c1-10(2)15(21-14(24)8-7-11(3)22)16(25)20-13(12(4)23)6-5-9-19-17(18)26/h10,13,15H,5-9H2,1-4H3,(H,20,25)(H,21,24)(H3,18,19,26)/t13-,15-/m0/s1. The summed E-state index contributed by atoms with van der Waals surface area (Å²) in [6.45, 7) is 6.60. The van der Waals surface area contributed by atoms with E-state index in [9.17, 15) is 24.0 Å². The Hall–Kier alpha value is -2.45. The monoisotopic (exact) mass is 370 g/mol. The predicted octanol–water partition coefficient (Wildman–Crippen LogP) is 0.0187. The summed E-state index contributed by atoms with van der Waals surface area (Å²) < 4.78 is 0. The third kappa shape index (κ3) is 10.4. The fourth-order valence-corrected chi connectivity index (χ4v) is 2.23. The summed E-state index contributed by atoms with van der Waals surface area (Å²) in [5, 5.41) is 7.67. The summed E-state index contributed by atoms with van der Waals surface area (Å²) in [6.07, 6.45) is 0.928. The van der Waals surface area contributed by atoms with Crippen LogP contribution in [-0.4, -0.2) is 48.0 Å². The maximum atomic E-state index is 12.5. The van der Waals surface area contributed by atoms with Crippen molar-refractivity contribution >= 4 is 29.4 Å². The molecule has 0 aromatic carbocycles. The number of ketones is 2. The molecule has 0 aliphatic carbocycles. The van der Waals surface area contributed by atoms with Crippen LogP contribution in [-0.2, 0) is 19.2 Å². The number of urea groups is 1. The van der Waals surface area contributed by atoms with Gasteiger partial charge in [-0.1, -0.05) is 13.8 Å². The number of carbonyl (C=O) groups excluding carboxylic acids is 5. The SMILES string of the molecule is CC(=O)CCC(=O)N[C@H](C(=O)N[C@@H](CCCNC(N)=O)C(C)=O)C(C)C. The Morgan fingerprint density at radius 2 is 1.58 bits per heavy atom. The van der Waals surface area contributed by atoms with Crippen LogP contribution >= 0.6 is 0 Å². The number of primary amides is 1. The van der Waals surface area contributed by atoms with Gasteiger partial charge in [0.05, 0.1) is 6.04 Å². The average molecular weight is 370 g/mol. The molecule has 9 nitrogen and oxygen atoms in total. The number of carbonyl (C=O) groups is 5. The van der Waals surface area contributed by atoms with Crippen molar-refractivity contribution in [2.75, 3.05) is 6.54 Å². The second kappa shape index (κ2) is 12.0. The summed E-state index contributed by atoms with van der Waals surface area (Å²) in [5.41, 5.74) is 4.96. The third-order valence-corrected chi connectivity index (χ3v) is 3.75. The zero-order chi connectivity index (χ0) is 20.3. The molecule has 0 unspecified atom stereocenters. The molecule has 0 saturated heterocycles. The van der Waals surface area contributed by atoms with Crippen LogP contribution in [0, 0.1) is 5.92 Å². The minimum atomic E-state index is -0.806. The Bertz CT molecular complexity index is 533. The molecule has 9 heteroatoms. The van der Waals surface area contributed by atoms with Crippen LogP contribution in [0.2, 0.25) is 0 Å². The number of rotatable bonds is 12. The molecule has 0 bridgehead atoms. The van der Waals surface area contributed by atoms with E-state index >= 15 is 0 Å². The fraction of sp³-hybridized carbons (Fsp3) is 0.706. The molecule has 0 aromatic rings. The van der Waals surface area contributed by atoms with Crippen molar-refractivity contribution in [3.05, 3.63) is 0 Å². The van der Waals surface area contributed by atoms with Crippen molar-refractivity contribution in [3.63, 3.8) is 0 Å². The first-order chi connectivity index (χ1) is 12.0. The molecule has 4 amide bonds. The van der Waals surface area contributed by atoms with Gasteiger partial charge in [0.25, 0.3) is 0 Å². The third-order valence-electron chi connectivity index (χ3n) is 3.75. The number of hydrogen-bond donors (Lipinski definition) is 4. The maximum Gasteiger partial charge on any atom is 0.312 e. The van der Waals surface area contributed by atoms with E-state index in [1.165, 1.54) is 13.8 Å². The highest BCUT2D eigenvalue weighted by molar-refractivity contribution is 5.92. The summed E-state index contributed by atoms with van der Waals surface area (Å²) in [4.78, 5) is 57.7. The van der Waals surface area contributed by atoms with Crippen LogP contribution in [0.5, 0.6) is 0 Å². The largest absolute Gasteiger partial charge is 0.352 e. The Labute approximate surface area is 153 Å². The highest BCUT2D eigenvalue weighted by atomic mass is 16.2. The van der Waals surface area contributed by atoms with Crippen LogP contribution in [0.1, 0.15) is 53.4 Å². The van der Waals surface area contributed by atoms with Gasteiger partial charge in [-0.3, -0.25) is 14.4 Å². The summed E-state index contributed by atoms with van der Waals surface area (Å²) in [5.74, 6) is -1.37. The molecule has 0 aliphatic rings. The lowest BCUT2D eigenvalue weighted by molar-refractivity contribution is -0.132. The summed E-state index contributed by atoms with van der Waals surface area (Å²) in [6, 6.07) is -2.17. The highest BCUT2D eigenvalue weighted by Gasteiger charge is 2.27. The minimum Gasteiger partial charge on any atom is -0.352 e. The molecule has 26 heavy (non-hydrogen) atoms. The molecule has 148 valence electrons. The first-order valence-corrected chi connectivity index (χ1v) is 8.67. The van der Waals surface area contributed by atoms with Crippen molar-refractivity contribution in [1.82, 2.24) is 16.0 Å². The van der Waals surface area contributed by atoms with E-state index < -0.39 is 24.0 Å². The van der Waals surface area contributed by atoms with Crippen molar-refractivity contribution < 1.29 is 24.0 Å². The molecule has 0 aromatic heterocycles. The number of nitrogens with one attached hydrogen (secondary N) is 3. The van der Waals surface area contributed by atoms with Crippen LogP contribution in [0.15, 0.2) is 0 Å². The number of nitrogens with two attached hydrogens (primary N) is 1. The summed E-state index contributed by atoms with van der Waals surface area (Å²) >= 11 is 0. The molecule has 0 aliphatic heterocycles. The topological polar surface area (TPSA) is 147 Å². The van der Waals surface area contributed by atoms with Crippen LogP contribution in [0.25, 0.3) is 0 Å². The van der Waals surface area contributed by atoms with Gasteiger partial charge in [-0.25, -0.2) is 4.79 Å². The van der Waals surface area contributed by atoms with Gasteiger partial charge in [0, 0.05) is 19.4 Å². The molecule has 0 saturated carbocycles. The lowest BCUT2D eigenvalue weighted by Crippen LogP contribution is -2.53. The molecule has 5 N–H and O–H groups in total. The van der Waals surface area contributed by atoms with E-state index in [1.807, 2.05) is 0 Å². The Morgan fingerprint density at radius 1 is 0.962 bits per heavy atom. The lowest BCUT2D eigenvalue weighted by Gasteiger charge is -2.24. The van der Waals surface area contributed by atoms with Gasteiger partial charge in [0.1, 0.15) is 11.8 Å². The molecular formula is C17H30N4O5. The second-order valence-electron chi connectivity index (χ2n) is 6.60.